The molecule has 168 valence electrons. The van der Waals surface area contributed by atoms with Gasteiger partial charge in [0.05, 0.1) is 32.8 Å². The molecule has 3 heterocycles. The number of anilines is 1. The molecule has 0 saturated carbocycles. The zero-order valence-electron chi connectivity index (χ0n) is 16.6. The molecule has 1 saturated heterocycles. The Kier molecular flexibility index (Phi) is 6.06. The van der Waals surface area contributed by atoms with Crippen LogP contribution < -0.4 is 4.90 Å². The zero-order valence-corrected chi connectivity index (χ0v) is 19.0. The Morgan fingerprint density at radius 2 is 1.84 bits per heavy atom. The third-order valence-electron chi connectivity index (χ3n) is 5.84. The number of fused-ring (bicyclic) bond motifs is 1. The lowest BCUT2D eigenvalue weighted by molar-refractivity contribution is 0.00248. The first-order valence-electron chi connectivity index (χ1n) is 9.94. The number of nitrogens with zero attached hydrogens (tertiary/aromatic N) is 3. The molecule has 1 aromatic heterocycles. The largest absolute Gasteiger partial charge is 0.396 e. The van der Waals surface area contributed by atoms with E-state index in [0.717, 1.165) is 12.1 Å². The van der Waals surface area contributed by atoms with Gasteiger partial charge < -0.3 is 15.1 Å². The first-order valence-corrected chi connectivity index (χ1v) is 12.6. The fraction of sp³-hybridized carbons (Fsp3) is 0.500. The maximum absolute atomic E-state index is 14.6. The summed E-state index contributed by atoms with van der Waals surface area (Å²) in [6.45, 7) is 0.839. The van der Waals surface area contributed by atoms with Crippen LogP contribution in [0.15, 0.2) is 16.6 Å². The van der Waals surface area contributed by atoms with Gasteiger partial charge in [-0.25, -0.2) is 27.2 Å². The highest BCUT2D eigenvalue weighted by Crippen LogP contribution is 2.37. The number of sulfone groups is 1. The van der Waals surface area contributed by atoms with E-state index in [9.17, 15) is 22.3 Å². The molecule has 1 aromatic carbocycles. The predicted molar refractivity (Wildman–Crippen MR) is 114 cm³/mol. The van der Waals surface area contributed by atoms with Crippen molar-refractivity contribution in [2.45, 2.75) is 42.8 Å². The van der Waals surface area contributed by atoms with E-state index in [4.69, 9.17) is 5.11 Å². The maximum Gasteiger partial charge on any atom is 0.164 e. The van der Waals surface area contributed by atoms with Crippen LogP contribution >= 0.6 is 15.9 Å². The maximum atomic E-state index is 14.6. The molecule has 7 nitrogen and oxygen atoms in total. The van der Waals surface area contributed by atoms with Gasteiger partial charge in [-0.15, -0.1) is 0 Å². The third kappa shape index (κ3) is 4.59. The highest BCUT2D eigenvalue weighted by molar-refractivity contribution is 9.10. The van der Waals surface area contributed by atoms with E-state index in [-0.39, 0.29) is 34.0 Å². The van der Waals surface area contributed by atoms with Crippen molar-refractivity contribution in [1.82, 2.24) is 9.97 Å². The van der Waals surface area contributed by atoms with E-state index in [1.165, 1.54) is 0 Å². The molecular formula is C20H22BrF2N3O4S. The van der Waals surface area contributed by atoms with Crippen LogP contribution in [0, 0.1) is 11.6 Å². The molecule has 0 spiro atoms. The number of aromatic nitrogens is 2. The second kappa shape index (κ2) is 8.34. The van der Waals surface area contributed by atoms with E-state index in [2.05, 4.69) is 25.9 Å². The van der Waals surface area contributed by atoms with Crippen LogP contribution in [-0.2, 0) is 21.3 Å². The fourth-order valence-electron chi connectivity index (χ4n) is 4.13. The van der Waals surface area contributed by atoms with Crippen LogP contribution in [0.25, 0.3) is 11.4 Å². The smallest absolute Gasteiger partial charge is 0.164 e. The Bertz CT molecular complexity index is 1120. The van der Waals surface area contributed by atoms with Crippen LogP contribution in [0.4, 0.5) is 14.6 Å². The molecule has 4 rings (SSSR count). The highest BCUT2D eigenvalue weighted by Gasteiger charge is 2.36. The minimum Gasteiger partial charge on any atom is -0.396 e. The summed E-state index contributed by atoms with van der Waals surface area (Å²) in [4.78, 5) is 10.6. The summed E-state index contributed by atoms with van der Waals surface area (Å²) in [7, 11) is -3.41. The summed E-state index contributed by atoms with van der Waals surface area (Å²) in [5.41, 5.74) is -0.275. The number of aliphatic hydroxyl groups excluding tert-OH is 1. The molecule has 2 aliphatic rings. The van der Waals surface area contributed by atoms with Gasteiger partial charge in [0, 0.05) is 25.3 Å². The molecule has 31 heavy (non-hydrogen) atoms. The highest BCUT2D eigenvalue weighted by atomic mass is 79.9. The lowest BCUT2D eigenvalue weighted by Crippen LogP contribution is -2.45. The van der Waals surface area contributed by atoms with Crippen molar-refractivity contribution in [1.29, 1.82) is 0 Å². The van der Waals surface area contributed by atoms with Crippen molar-refractivity contribution in [3.63, 3.8) is 0 Å². The molecule has 0 bridgehead atoms. The summed E-state index contributed by atoms with van der Waals surface area (Å²) in [6, 6.07) is 1.97. The molecule has 1 fully saturated rings. The van der Waals surface area contributed by atoms with Crippen LogP contribution in [-0.4, -0.2) is 53.9 Å². The zero-order chi connectivity index (χ0) is 22.4. The lowest BCUT2D eigenvalue weighted by Gasteiger charge is -2.39. The van der Waals surface area contributed by atoms with Crippen molar-refractivity contribution >= 4 is 31.6 Å². The topological polar surface area (TPSA) is 104 Å². The van der Waals surface area contributed by atoms with Gasteiger partial charge in [0.2, 0.25) is 0 Å². The molecular weight excluding hydrogens is 496 g/mol. The summed E-state index contributed by atoms with van der Waals surface area (Å²) < 4.78 is 53.1. The Balaban J connectivity index is 1.73. The average molecular weight is 518 g/mol. The molecule has 0 radical (unpaired) electrons. The third-order valence-corrected chi connectivity index (χ3v) is 7.89. The minimum atomic E-state index is -3.41. The quantitative estimate of drug-likeness (QED) is 0.587. The first kappa shape index (κ1) is 22.5. The molecule has 0 unspecified atom stereocenters. The van der Waals surface area contributed by atoms with E-state index in [1.54, 1.807) is 0 Å². The SMILES string of the molecule is O=S1(=O)Cc2nc(-c3cc(F)c(Br)cc3F)nc(N3CCC(O)(CCCO)CC3)c2C1. The number of piperidine rings is 1. The average Bonchev–Trinajstić information content (AvgIpc) is 3.03. The number of rotatable bonds is 5. The van der Waals surface area contributed by atoms with E-state index in [0.29, 0.717) is 55.8 Å². The summed E-state index contributed by atoms with van der Waals surface area (Å²) in [5.74, 6) is -1.58. The number of halogens is 3. The van der Waals surface area contributed by atoms with Crippen molar-refractivity contribution in [2.75, 3.05) is 24.6 Å². The van der Waals surface area contributed by atoms with Crippen LogP contribution in [0.1, 0.15) is 36.9 Å². The van der Waals surface area contributed by atoms with Crippen LogP contribution in [0.3, 0.4) is 0 Å². The molecule has 2 aromatic rings. The van der Waals surface area contributed by atoms with Gasteiger partial charge in [0.15, 0.2) is 15.7 Å². The summed E-state index contributed by atoms with van der Waals surface area (Å²) in [5, 5.41) is 19.7. The van der Waals surface area contributed by atoms with Crippen molar-refractivity contribution < 1.29 is 27.4 Å². The molecule has 2 N–H and O–H groups in total. The van der Waals surface area contributed by atoms with Gasteiger partial charge in [-0.3, -0.25) is 0 Å². The molecule has 0 aliphatic carbocycles. The predicted octanol–water partition coefficient (Wildman–Crippen LogP) is 2.72. The Morgan fingerprint density at radius 1 is 1.13 bits per heavy atom. The summed E-state index contributed by atoms with van der Waals surface area (Å²) >= 11 is 2.94. The molecule has 0 amide bonds. The van der Waals surface area contributed by atoms with Crippen molar-refractivity contribution in [3.8, 4) is 11.4 Å². The molecule has 0 atom stereocenters. The second-order valence-corrected chi connectivity index (χ2v) is 11.0. The van der Waals surface area contributed by atoms with Crippen LogP contribution in [0.2, 0.25) is 0 Å². The number of aliphatic hydroxyl groups is 2. The Hall–Kier alpha value is -1.69. The van der Waals surface area contributed by atoms with Crippen molar-refractivity contribution in [2.24, 2.45) is 0 Å². The first-order chi connectivity index (χ1) is 14.6. The number of hydrogen-bond acceptors (Lipinski definition) is 7. The molecule has 2 aliphatic heterocycles. The fourth-order valence-corrected chi connectivity index (χ4v) is 5.94. The molecule has 11 heteroatoms. The van der Waals surface area contributed by atoms with Gasteiger partial charge in [0.25, 0.3) is 0 Å². The van der Waals surface area contributed by atoms with E-state index >= 15 is 0 Å². The van der Waals surface area contributed by atoms with Crippen molar-refractivity contribution in [3.05, 3.63) is 39.5 Å². The normalized spacial score (nSPS) is 19.5. The standard InChI is InChI=1S/C20H22BrF2N3O4S/c21-14-9-15(22)12(8-16(14)23)18-24-17-11-31(29,30)10-13(17)19(25-18)26-5-3-20(28,4-6-26)2-1-7-27/h8-9,27-28H,1-7,10-11H2. The number of hydrogen-bond donors (Lipinski definition) is 2. The van der Waals surface area contributed by atoms with Gasteiger partial charge in [-0.2, -0.15) is 0 Å². The van der Waals surface area contributed by atoms with Gasteiger partial charge in [0.1, 0.15) is 17.5 Å². The Morgan fingerprint density at radius 3 is 2.52 bits per heavy atom. The number of benzene rings is 1. The van der Waals surface area contributed by atoms with E-state index in [1.807, 2.05) is 4.90 Å². The minimum absolute atomic E-state index is 0.00196. The van der Waals surface area contributed by atoms with Crippen LogP contribution in [0.5, 0.6) is 0 Å². The monoisotopic (exact) mass is 517 g/mol. The van der Waals surface area contributed by atoms with Gasteiger partial charge >= 0.3 is 0 Å². The van der Waals surface area contributed by atoms with Gasteiger partial charge in [-0.05, 0) is 53.7 Å². The second-order valence-electron chi connectivity index (χ2n) is 8.11. The summed E-state index contributed by atoms with van der Waals surface area (Å²) in [6.07, 6.45) is 1.82. The Labute approximate surface area is 187 Å². The van der Waals surface area contributed by atoms with Gasteiger partial charge in [-0.1, -0.05) is 0 Å². The van der Waals surface area contributed by atoms with E-state index < -0.39 is 27.1 Å². The lowest BCUT2D eigenvalue weighted by atomic mass is 9.87.